The third-order valence-corrected chi connectivity index (χ3v) is 4.50. The Morgan fingerprint density at radius 2 is 1.87 bits per heavy atom. The van der Waals surface area contributed by atoms with E-state index in [1.807, 2.05) is 24.3 Å². The Bertz CT molecular complexity index is 644. The molecule has 3 rings (SSSR count). The lowest BCUT2D eigenvalue weighted by atomic mass is 9.88. The van der Waals surface area contributed by atoms with Gasteiger partial charge < -0.3 is 10.5 Å². The first kappa shape index (κ1) is 16.0. The van der Waals surface area contributed by atoms with Gasteiger partial charge in [-0.15, -0.1) is 0 Å². The van der Waals surface area contributed by atoms with Crippen LogP contribution in [-0.2, 0) is 6.54 Å². The highest BCUT2D eigenvalue weighted by Gasteiger charge is 2.26. The maximum absolute atomic E-state index is 13.9. The van der Waals surface area contributed by atoms with Gasteiger partial charge >= 0.3 is 0 Å². The molecule has 1 heterocycles. The lowest BCUT2D eigenvalue weighted by Gasteiger charge is -2.36. The molecular formula is C19H23FN2O. The number of benzene rings is 2. The topological polar surface area (TPSA) is 38.5 Å². The predicted octanol–water partition coefficient (Wildman–Crippen LogP) is 3.15. The first-order valence-electron chi connectivity index (χ1n) is 8.01. The molecule has 2 atom stereocenters. The number of nitrogens with zero attached hydrogens (tertiary/aromatic N) is 1. The standard InChI is InChI=1S/C19H23FN2O/c1-23-18-8-6-14(7-9-18)16-10-17(21)13-22(12-16)11-15-4-2-3-5-19(15)20/h2-9,16-17H,10-13,21H2,1H3. The number of piperidine rings is 1. The van der Waals surface area contributed by atoms with E-state index in [1.54, 1.807) is 13.2 Å². The zero-order valence-corrected chi connectivity index (χ0v) is 13.4. The van der Waals surface area contributed by atoms with Crippen molar-refractivity contribution in [3.05, 3.63) is 65.5 Å². The van der Waals surface area contributed by atoms with Gasteiger partial charge in [0.25, 0.3) is 0 Å². The Balaban J connectivity index is 1.72. The summed E-state index contributed by atoms with van der Waals surface area (Å²) in [5.41, 5.74) is 8.24. The molecule has 0 bridgehead atoms. The van der Waals surface area contributed by atoms with E-state index in [4.69, 9.17) is 10.5 Å². The number of hydrogen-bond acceptors (Lipinski definition) is 3. The first-order chi connectivity index (χ1) is 11.2. The molecule has 2 unspecified atom stereocenters. The second-order valence-corrected chi connectivity index (χ2v) is 6.25. The van der Waals surface area contributed by atoms with Gasteiger partial charge in [0, 0.05) is 31.2 Å². The summed E-state index contributed by atoms with van der Waals surface area (Å²) in [4.78, 5) is 2.25. The quantitative estimate of drug-likeness (QED) is 0.942. The third kappa shape index (κ3) is 3.89. The van der Waals surface area contributed by atoms with E-state index in [-0.39, 0.29) is 11.9 Å². The molecule has 1 saturated heterocycles. The van der Waals surface area contributed by atoms with Crippen molar-refractivity contribution in [2.45, 2.75) is 24.9 Å². The van der Waals surface area contributed by atoms with Gasteiger partial charge in [0.1, 0.15) is 11.6 Å². The van der Waals surface area contributed by atoms with Gasteiger partial charge in [-0.1, -0.05) is 30.3 Å². The molecule has 122 valence electrons. The Kier molecular flexibility index (Phi) is 4.94. The molecule has 0 saturated carbocycles. The number of hydrogen-bond donors (Lipinski definition) is 1. The van der Waals surface area contributed by atoms with E-state index in [1.165, 1.54) is 11.6 Å². The first-order valence-corrected chi connectivity index (χ1v) is 8.01. The van der Waals surface area contributed by atoms with Gasteiger partial charge in [0.15, 0.2) is 0 Å². The lowest BCUT2D eigenvalue weighted by Crippen LogP contribution is -2.45. The van der Waals surface area contributed by atoms with Gasteiger partial charge in [-0.2, -0.15) is 0 Å². The Labute approximate surface area is 136 Å². The van der Waals surface area contributed by atoms with Gasteiger partial charge in [-0.25, -0.2) is 4.39 Å². The summed E-state index contributed by atoms with van der Waals surface area (Å²) >= 11 is 0. The van der Waals surface area contributed by atoms with Gasteiger partial charge in [-0.05, 0) is 36.1 Å². The molecule has 0 spiro atoms. The molecule has 0 aromatic heterocycles. The summed E-state index contributed by atoms with van der Waals surface area (Å²) in [5.74, 6) is 1.08. The van der Waals surface area contributed by atoms with Crippen LogP contribution in [0.4, 0.5) is 4.39 Å². The summed E-state index contributed by atoms with van der Waals surface area (Å²) in [5, 5.41) is 0. The second-order valence-electron chi connectivity index (χ2n) is 6.25. The van der Waals surface area contributed by atoms with Gasteiger partial charge in [0.05, 0.1) is 7.11 Å². The van der Waals surface area contributed by atoms with Crippen molar-refractivity contribution in [3.8, 4) is 5.75 Å². The molecule has 1 aliphatic rings. The van der Waals surface area contributed by atoms with Crippen molar-refractivity contribution in [1.82, 2.24) is 4.90 Å². The van der Waals surface area contributed by atoms with Crippen molar-refractivity contribution in [1.29, 1.82) is 0 Å². The Morgan fingerprint density at radius 3 is 2.57 bits per heavy atom. The minimum Gasteiger partial charge on any atom is -0.497 e. The molecule has 0 aliphatic carbocycles. The van der Waals surface area contributed by atoms with Crippen molar-refractivity contribution < 1.29 is 9.13 Å². The molecule has 0 radical (unpaired) electrons. The monoisotopic (exact) mass is 314 g/mol. The Morgan fingerprint density at radius 1 is 1.13 bits per heavy atom. The molecular weight excluding hydrogens is 291 g/mol. The maximum Gasteiger partial charge on any atom is 0.127 e. The average molecular weight is 314 g/mol. The van der Waals surface area contributed by atoms with E-state index in [0.29, 0.717) is 12.5 Å². The molecule has 3 nitrogen and oxygen atoms in total. The molecule has 1 aliphatic heterocycles. The molecule has 2 aromatic rings. The average Bonchev–Trinajstić information content (AvgIpc) is 2.56. The predicted molar refractivity (Wildman–Crippen MR) is 90.0 cm³/mol. The normalized spacial score (nSPS) is 22.0. The van der Waals surface area contributed by atoms with Crippen LogP contribution >= 0.6 is 0 Å². The number of rotatable bonds is 4. The van der Waals surface area contributed by atoms with Crippen LogP contribution in [0.5, 0.6) is 5.75 Å². The smallest absolute Gasteiger partial charge is 0.127 e. The molecule has 4 heteroatoms. The highest BCUT2D eigenvalue weighted by Crippen LogP contribution is 2.28. The largest absolute Gasteiger partial charge is 0.497 e. The number of methoxy groups -OCH3 is 1. The van der Waals surface area contributed by atoms with Crippen molar-refractivity contribution >= 4 is 0 Å². The second kappa shape index (κ2) is 7.11. The van der Waals surface area contributed by atoms with Crippen molar-refractivity contribution in [2.75, 3.05) is 20.2 Å². The molecule has 0 amide bonds. The number of likely N-dealkylation sites (tertiary alicyclic amines) is 1. The number of nitrogens with two attached hydrogens (primary N) is 1. The van der Waals surface area contributed by atoms with E-state index >= 15 is 0 Å². The van der Waals surface area contributed by atoms with E-state index in [2.05, 4.69) is 17.0 Å². The molecule has 2 N–H and O–H groups in total. The van der Waals surface area contributed by atoms with Crippen LogP contribution in [-0.4, -0.2) is 31.1 Å². The number of ether oxygens (including phenoxy) is 1. The van der Waals surface area contributed by atoms with Crippen LogP contribution in [0.15, 0.2) is 48.5 Å². The summed E-state index contributed by atoms with van der Waals surface area (Å²) in [7, 11) is 1.67. The van der Waals surface area contributed by atoms with Crippen LogP contribution in [0.1, 0.15) is 23.5 Å². The van der Waals surface area contributed by atoms with E-state index in [9.17, 15) is 4.39 Å². The van der Waals surface area contributed by atoms with Crippen LogP contribution in [0, 0.1) is 5.82 Å². The third-order valence-electron chi connectivity index (χ3n) is 4.50. The highest BCUT2D eigenvalue weighted by molar-refractivity contribution is 5.30. The summed E-state index contributed by atoms with van der Waals surface area (Å²) in [6, 6.07) is 15.2. The molecule has 23 heavy (non-hydrogen) atoms. The summed E-state index contributed by atoms with van der Waals surface area (Å²) in [6.45, 7) is 2.31. The maximum atomic E-state index is 13.9. The van der Waals surface area contributed by atoms with Crippen LogP contribution in [0.3, 0.4) is 0 Å². The fourth-order valence-electron chi connectivity index (χ4n) is 3.35. The van der Waals surface area contributed by atoms with Crippen LogP contribution in [0.25, 0.3) is 0 Å². The minimum absolute atomic E-state index is 0.114. The molecule has 2 aromatic carbocycles. The SMILES string of the molecule is COc1ccc(C2CC(N)CN(Cc3ccccc3F)C2)cc1. The van der Waals surface area contributed by atoms with Gasteiger partial charge in [0.2, 0.25) is 0 Å². The van der Waals surface area contributed by atoms with Crippen molar-refractivity contribution in [2.24, 2.45) is 5.73 Å². The number of halogens is 1. The zero-order valence-electron chi connectivity index (χ0n) is 13.4. The summed E-state index contributed by atoms with van der Waals surface area (Å²) < 4.78 is 19.1. The van der Waals surface area contributed by atoms with E-state index < -0.39 is 0 Å². The summed E-state index contributed by atoms with van der Waals surface area (Å²) in [6.07, 6.45) is 0.958. The fourth-order valence-corrected chi connectivity index (χ4v) is 3.35. The lowest BCUT2D eigenvalue weighted by molar-refractivity contribution is 0.179. The van der Waals surface area contributed by atoms with Gasteiger partial charge in [-0.3, -0.25) is 4.90 Å². The minimum atomic E-state index is -0.146. The Hall–Kier alpha value is -1.91. The highest BCUT2D eigenvalue weighted by atomic mass is 19.1. The zero-order chi connectivity index (χ0) is 16.2. The van der Waals surface area contributed by atoms with Crippen LogP contribution in [0.2, 0.25) is 0 Å². The van der Waals surface area contributed by atoms with E-state index in [0.717, 1.165) is 30.8 Å². The molecule has 1 fully saturated rings. The van der Waals surface area contributed by atoms with Crippen molar-refractivity contribution in [3.63, 3.8) is 0 Å². The van der Waals surface area contributed by atoms with Crippen LogP contribution < -0.4 is 10.5 Å². The fraction of sp³-hybridized carbons (Fsp3) is 0.368.